The smallest absolute Gasteiger partial charge is 0.342 e. The molecule has 0 aromatic carbocycles. The first-order valence-corrected chi connectivity index (χ1v) is 5.86. The molecule has 1 heterocycles. The number of rotatable bonds is 4. The van der Waals surface area contributed by atoms with E-state index in [1.54, 1.807) is 13.0 Å². The molecule has 0 bridgehead atoms. The summed E-state index contributed by atoms with van der Waals surface area (Å²) in [5, 5.41) is 0. The topological polar surface area (TPSA) is 65.5 Å². The lowest BCUT2D eigenvalue weighted by Gasteiger charge is -2.18. The summed E-state index contributed by atoms with van der Waals surface area (Å²) in [5.41, 5.74) is 5.45. The van der Waals surface area contributed by atoms with Crippen molar-refractivity contribution in [3.05, 3.63) is 23.2 Å². The van der Waals surface area contributed by atoms with E-state index in [2.05, 4.69) is 0 Å². The molecule has 0 amide bonds. The predicted molar refractivity (Wildman–Crippen MR) is 66.0 cm³/mol. The summed E-state index contributed by atoms with van der Waals surface area (Å²) < 4.78 is 10.8. The zero-order valence-corrected chi connectivity index (χ0v) is 11.0. The number of esters is 1. The summed E-state index contributed by atoms with van der Waals surface area (Å²) in [7, 11) is 0. The molecule has 0 radical (unpaired) electrons. The van der Waals surface area contributed by atoms with Gasteiger partial charge >= 0.3 is 5.97 Å². The molecule has 96 valence electrons. The van der Waals surface area contributed by atoms with E-state index in [1.165, 1.54) is 0 Å². The van der Waals surface area contributed by atoms with Gasteiger partial charge in [0.1, 0.15) is 22.7 Å². The van der Waals surface area contributed by atoms with Crippen LogP contribution in [0.3, 0.4) is 0 Å². The second kappa shape index (κ2) is 5.36. The van der Waals surface area contributed by atoms with E-state index in [4.69, 9.17) is 14.9 Å². The van der Waals surface area contributed by atoms with Gasteiger partial charge in [0.05, 0.1) is 0 Å². The second-order valence-corrected chi connectivity index (χ2v) is 5.08. The number of nitrogens with two attached hydrogens (primary N) is 1. The van der Waals surface area contributed by atoms with Crippen LogP contribution in [-0.2, 0) is 11.2 Å². The zero-order valence-electron chi connectivity index (χ0n) is 11.0. The van der Waals surface area contributed by atoms with Crippen LogP contribution >= 0.6 is 0 Å². The first-order valence-electron chi connectivity index (χ1n) is 5.86. The largest absolute Gasteiger partial charge is 0.465 e. The first kappa shape index (κ1) is 13.8. The third-order valence-corrected chi connectivity index (χ3v) is 2.21. The maximum atomic E-state index is 11.9. The third-order valence-electron chi connectivity index (χ3n) is 2.21. The van der Waals surface area contributed by atoms with E-state index in [0.717, 1.165) is 18.6 Å². The quantitative estimate of drug-likeness (QED) is 0.819. The second-order valence-electron chi connectivity index (χ2n) is 5.08. The van der Waals surface area contributed by atoms with Crippen LogP contribution in [0.1, 0.15) is 49.1 Å². The number of furan rings is 1. The maximum absolute atomic E-state index is 11.9. The highest BCUT2D eigenvalue weighted by atomic mass is 16.6. The predicted octanol–water partition coefficient (Wildman–Crippen LogP) is 2.43. The fourth-order valence-electron chi connectivity index (χ4n) is 1.48. The Kier molecular flexibility index (Phi) is 4.34. The fraction of sp³-hybridized carbons (Fsp3) is 0.615. The average Bonchev–Trinajstić information content (AvgIpc) is 2.54. The Morgan fingerprint density at radius 2 is 2.12 bits per heavy atom. The highest BCUT2D eigenvalue weighted by Gasteiger charge is 2.21. The number of carbonyl (C=O) groups is 1. The highest BCUT2D eigenvalue weighted by molar-refractivity contribution is 5.90. The number of hydrogen-bond donors (Lipinski definition) is 1. The molecule has 0 saturated heterocycles. The van der Waals surface area contributed by atoms with Crippen LogP contribution in [0, 0.1) is 6.92 Å². The Morgan fingerprint density at radius 1 is 1.47 bits per heavy atom. The SMILES string of the molecule is Cc1oc(CCCN)cc1C(=O)OC(C)(C)C. The standard InChI is InChI=1S/C13H21NO3/c1-9-11(12(15)17-13(2,3)4)8-10(16-9)6-5-7-14/h8H,5-7,14H2,1-4H3. The third kappa shape index (κ3) is 4.23. The lowest BCUT2D eigenvalue weighted by molar-refractivity contribution is 0.00678. The molecule has 0 saturated carbocycles. The highest BCUT2D eigenvalue weighted by Crippen LogP contribution is 2.19. The average molecular weight is 239 g/mol. The molecule has 0 aliphatic carbocycles. The van der Waals surface area contributed by atoms with Crippen LogP contribution in [0.25, 0.3) is 0 Å². The van der Waals surface area contributed by atoms with Crippen molar-refractivity contribution in [2.24, 2.45) is 5.73 Å². The maximum Gasteiger partial charge on any atom is 0.342 e. The zero-order chi connectivity index (χ0) is 13.1. The van der Waals surface area contributed by atoms with Gasteiger partial charge in [0.25, 0.3) is 0 Å². The van der Waals surface area contributed by atoms with Crippen molar-refractivity contribution in [1.82, 2.24) is 0 Å². The molecule has 0 aliphatic rings. The van der Waals surface area contributed by atoms with Gasteiger partial charge in [0, 0.05) is 6.42 Å². The minimum Gasteiger partial charge on any atom is -0.465 e. The van der Waals surface area contributed by atoms with Crippen LogP contribution in [0.15, 0.2) is 10.5 Å². The molecule has 2 N–H and O–H groups in total. The molecule has 0 unspecified atom stereocenters. The molecule has 4 heteroatoms. The van der Waals surface area contributed by atoms with Gasteiger partial charge in [0.15, 0.2) is 0 Å². The fourth-order valence-corrected chi connectivity index (χ4v) is 1.48. The summed E-state index contributed by atoms with van der Waals surface area (Å²) in [6.07, 6.45) is 1.60. The van der Waals surface area contributed by atoms with Crippen molar-refractivity contribution in [2.45, 2.75) is 46.1 Å². The summed E-state index contributed by atoms with van der Waals surface area (Å²) >= 11 is 0. The summed E-state index contributed by atoms with van der Waals surface area (Å²) in [6.45, 7) is 7.91. The summed E-state index contributed by atoms with van der Waals surface area (Å²) in [5.74, 6) is 1.05. The number of ether oxygens (including phenoxy) is 1. The molecule has 1 aromatic rings. The lowest BCUT2D eigenvalue weighted by Crippen LogP contribution is -2.23. The monoisotopic (exact) mass is 239 g/mol. The van der Waals surface area contributed by atoms with E-state index >= 15 is 0 Å². The van der Waals surface area contributed by atoms with E-state index < -0.39 is 5.60 Å². The van der Waals surface area contributed by atoms with Gasteiger partial charge in [-0.05, 0) is 46.7 Å². The lowest BCUT2D eigenvalue weighted by atomic mass is 10.1. The van der Waals surface area contributed by atoms with Crippen molar-refractivity contribution in [1.29, 1.82) is 0 Å². The van der Waals surface area contributed by atoms with Crippen LogP contribution < -0.4 is 5.73 Å². The van der Waals surface area contributed by atoms with Crippen LogP contribution in [0.5, 0.6) is 0 Å². The number of carbonyl (C=O) groups excluding carboxylic acids is 1. The van der Waals surface area contributed by atoms with Crippen molar-refractivity contribution >= 4 is 5.97 Å². The summed E-state index contributed by atoms with van der Waals surface area (Å²) in [6, 6.07) is 1.75. The normalized spacial score (nSPS) is 11.6. The van der Waals surface area contributed by atoms with Crippen LogP contribution in [0.4, 0.5) is 0 Å². The van der Waals surface area contributed by atoms with Gasteiger partial charge < -0.3 is 14.9 Å². The molecule has 1 rings (SSSR count). The van der Waals surface area contributed by atoms with Gasteiger partial charge in [-0.25, -0.2) is 4.79 Å². The number of hydrogen-bond acceptors (Lipinski definition) is 4. The van der Waals surface area contributed by atoms with Gasteiger partial charge in [-0.15, -0.1) is 0 Å². The molecule has 4 nitrogen and oxygen atoms in total. The van der Waals surface area contributed by atoms with E-state index in [9.17, 15) is 4.79 Å². The molecular formula is C13H21NO3. The van der Waals surface area contributed by atoms with Crippen LogP contribution in [0.2, 0.25) is 0 Å². The van der Waals surface area contributed by atoms with Crippen molar-refractivity contribution in [2.75, 3.05) is 6.54 Å². The Balaban J connectivity index is 2.77. The molecule has 17 heavy (non-hydrogen) atoms. The number of aryl methyl sites for hydroxylation is 2. The minimum absolute atomic E-state index is 0.335. The Bertz CT molecular complexity index is 388. The van der Waals surface area contributed by atoms with Crippen molar-refractivity contribution < 1.29 is 13.9 Å². The summed E-state index contributed by atoms with van der Waals surface area (Å²) in [4.78, 5) is 11.9. The molecule has 1 aromatic heterocycles. The minimum atomic E-state index is -0.488. The van der Waals surface area contributed by atoms with Gasteiger partial charge in [-0.3, -0.25) is 0 Å². The van der Waals surface area contributed by atoms with Gasteiger partial charge in [-0.2, -0.15) is 0 Å². The van der Waals surface area contributed by atoms with Crippen molar-refractivity contribution in [3.63, 3.8) is 0 Å². The molecule has 0 spiro atoms. The molecule has 0 fully saturated rings. The molecule has 0 aliphatic heterocycles. The Labute approximate surface area is 102 Å². The Morgan fingerprint density at radius 3 is 2.65 bits per heavy atom. The van der Waals surface area contributed by atoms with Crippen LogP contribution in [-0.4, -0.2) is 18.1 Å². The van der Waals surface area contributed by atoms with E-state index in [1.807, 2.05) is 20.8 Å². The molecular weight excluding hydrogens is 218 g/mol. The Hall–Kier alpha value is -1.29. The van der Waals surface area contributed by atoms with Gasteiger partial charge in [-0.1, -0.05) is 0 Å². The van der Waals surface area contributed by atoms with E-state index in [0.29, 0.717) is 17.9 Å². The first-order chi connectivity index (χ1) is 7.83. The van der Waals surface area contributed by atoms with Crippen molar-refractivity contribution in [3.8, 4) is 0 Å². The molecule has 0 atom stereocenters. The van der Waals surface area contributed by atoms with Gasteiger partial charge in [0.2, 0.25) is 0 Å². The van der Waals surface area contributed by atoms with E-state index in [-0.39, 0.29) is 5.97 Å².